The van der Waals surface area contributed by atoms with Crippen LogP contribution >= 0.6 is 0 Å². The Morgan fingerprint density at radius 1 is 1.47 bits per heavy atom. The average molecular weight is 256 g/mol. The van der Waals surface area contributed by atoms with Gasteiger partial charge in [0.1, 0.15) is 0 Å². The first-order valence-corrected chi connectivity index (χ1v) is 6.36. The fraction of sp³-hybridized carbons (Fsp3) is 0.333. The molecule has 0 bridgehead atoms. The van der Waals surface area contributed by atoms with Crippen molar-refractivity contribution < 1.29 is 9.90 Å². The van der Waals surface area contributed by atoms with E-state index in [0.717, 1.165) is 30.2 Å². The van der Waals surface area contributed by atoms with Crippen molar-refractivity contribution in [1.29, 1.82) is 5.26 Å². The summed E-state index contributed by atoms with van der Waals surface area (Å²) < 4.78 is 0. The van der Waals surface area contributed by atoms with Gasteiger partial charge in [0.25, 0.3) is 0 Å². The highest BCUT2D eigenvalue weighted by atomic mass is 16.4. The molecule has 1 saturated carbocycles. The number of nitriles is 1. The van der Waals surface area contributed by atoms with Crippen LogP contribution < -0.4 is 4.90 Å². The Bertz CT molecular complexity index is 527. The first-order valence-electron chi connectivity index (χ1n) is 6.36. The van der Waals surface area contributed by atoms with Gasteiger partial charge in [-0.2, -0.15) is 5.26 Å². The predicted molar refractivity (Wildman–Crippen MR) is 73.7 cm³/mol. The maximum atomic E-state index is 10.6. The molecule has 4 nitrogen and oxygen atoms in total. The third-order valence-corrected chi connectivity index (χ3v) is 3.10. The van der Waals surface area contributed by atoms with Crippen molar-refractivity contribution in [3.8, 4) is 6.07 Å². The molecule has 1 aliphatic rings. The van der Waals surface area contributed by atoms with E-state index in [2.05, 4.69) is 11.0 Å². The first kappa shape index (κ1) is 13.2. The highest BCUT2D eigenvalue weighted by Crippen LogP contribution is 2.34. The van der Waals surface area contributed by atoms with E-state index in [9.17, 15) is 4.79 Å². The van der Waals surface area contributed by atoms with E-state index in [1.807, 2.05) is 24.3 Å². The second-order valence-corrected chi connectivity index (χ2v) is 4.56. The molecule has 1 fully saturated rings. The summed E-state index contributed by atoms with van der Waals surface area (Å²) in [5, 5.41) is 17.5. The number of carboxylic acid groups (broad SMARTS) is 1. The molecule has 1 aromatic carbocycles. The van der Waals surface area contributed by atoms with Crippen LogP contribution in [0, 0.1) is 11.3 Å². The second kappa shape index (κ2) is 6.05. The van der Waals surface area contributed by atoms with Gasteiger partial charge in [-0.25, -0.2) is 4.79 Å². The Hall–Kier alpha value is -2.28. The Balaban J connectivity index is 2.25. The number of para-hydroxylation sites is 1. The van der Waals surface area contributed by atoms with Crippen LogP contribution in [0.25, 0.3) is 6.08 Å². The molecule has 1 aromatic rings. The van der Waals surface area contributed by atoms with Gasteiger partial charge < -0.3 is 10.0 Å². The van der Waals surface area contributed by atoms with Gasteiger partial charge >= 0.3 is 5.97 Å². The molecular formula is C15H16N2O2. The van der Waals surface area contributed by atoms with Crippen LogP contribution in [0.15, 0.2) is 30.3 Å². The molecule has 0 atom stereocenters. The minimum atomic E-state index is -0.954. The van der Waals surface area contributed by atoms with Gasteiger partial charge in [-0.15, -0.1) is 0 Å². The molecule has 0 radical (unpaired) electrons. The molecule has 0 aromatic heterocycles. The van der Waals surface area contributed by atoms with Crippen LogP contribution in [0.1, 0.15) is 24.8 Å². The summed E-state index contributed by atoms with van der Waals surface area (Å²) >= 11 is 0. The lowest BCUT2D eigenvalue weighted by Crippen LogP contribution is -2.27. The summed E-state index contributed by atoms with van der Waals surface area (Å²) in [6, 6.07) is 10.4. The maximum absolute atomic E-state index is 10.6. The number of hydrogen-bond acceptors (Lipinski definition) is 3. The quantitative estimate of drug-likeness (QED) is 0.795. The van der Waals surface area contributed by atoms with Crippen molar-refractivity contribution in [2.24, 2.45) is 0 Å². The number of rotatable bonds is 6. The molecule has 0 saturated heterocycles. The highest BCUT2D eigenvalue weighted by molar-refractivity contribution is 5.87. The van der Waals surface area contributed by atoms with E-state index in [-0.39, 0.29) is 0 Å². The van der Waals surface area contributed by atoms with Gasteiger partial charge in [0.2, 0.25) is 0 Å². The van der Waals surface area contributed by atoms with E-state index in [0.29, 0.717) is 19.0 Å². The largest absolute Gasteiger partial charge is 0.478 e. The van der Waals surface area contributed by atoms with Gasteiger partial charge in [0.15, 0.2) is 0 Å². The van der Waals surface area contributed by atoms with Crippen molar-refractivity contribution >= 4 is 17.7 Å². The molecule has 0 aliphatic heterocycles. The molecule has 0 unspecified atom stereocenters. The zero-order chi connectivity index (χ0) is 13.7. The summed E-state index contributed by atoms with van der Waals surface area (Å²) in [6.45, 7) is 0.694. The van der Waals surface area contributed by atoms with E-state index < -0.39 is 5.97 Å². The minimum Gasteiger partial charge on any atom is -0.478 e. The van der Waals surface area contributed by atoms with Crippen molar-refractivity contribution in [3.63, 3.8) is 0 Å². The Labute approximate surface area is 112 Å². The minimum absolute atomic E-state index is 0.480. The number of benzene rings is 1. The van der Waals surface area contributed by atoms with Crippen molar-refractivity contribution in [2.75, 3.05) is 11.4 Å². The van der Waals surface area contributed by atoms with Crippen molar-refractivity contribution in [2.45, 2.75) is 25.3 Å². The molecule has 0 spiro atoms. The van der Waals surface area contributed by atoms with Crippen LogP contribution in [0.3, 0.4) is 0 Å². The molecule has 0 amide bonds. The number of hydrogen-bond donors (Lipinski definition) is 1. The fourth-order valence-electron chi connectivity index (χ4n) is 2.11. The molecule has 98 valence electrons. The number of anilines is 1. The topological polar surface area (TPSA) is 64.3 Å². The monoisotopic (exact) mass is 256 g/mol. The summed E-state index contributed by atoms with van der Waals surface area (Å²) in [5.74, 6) is -0.954. The van der Waals surface area contributed by atoms with Gasteiger partial charge in [-0.3, -0.25) is 0 Å². The van der Waals surface area contributed by atoms with Gasteiger partial charge in [-0.05, 0) is 30.5 Å². The number of carbonyl (C=O) groups is 1. The lowest BCUT2D eigenvalue weighted by molar-refractivity contribution is -0.131. The summed E-state index contributed by atoms with van der Waals surface area (Å²) in [7, 11) is 0. The Morgan fingerprint density at radius 3 is 2.84 bits per heavy atom. The molecule has 1 aliphatic carbocycles. The third-order valence-electron chi connectivity index (χ3n) is 3.10. The third kappa shape index (κ3) is 3.59. The van der Waals surface area contributed by atoms with Crippen molar-refractivity contribution in [1.82, 2.24) is 0 Å². The zero-order valence-corrected chi connectivity index (χ0v) is 10.6. The summed E-state index contributed by atoms with van der Waals surface area (Å²) in [4.78, 5) is 12.8. The van der Waals surface area contributed by atoms with Gasteiger partial charge in [-0.1, -0.05) is 18.2 Å². The second-order valence-electron chi connectivity index (χ2n) is 4.56. The zero-order valence-electron chi connectivity index (χ0n) is 10.6. The van der Waals surface area contributed by atoms with Crippen LogP contribution in [0.4, 0.5) is 5.69 Å². The van der Waals surface area contributed by atoms with E-state index in [1.165, 1.54) is 0 Å². The van der Waals surface area contributed by atoms with Gasteiger partial charge in [0, 0.05) is 24.4 Å². The number of carboxylic acids is 1. The normalized spacial score (nSPS) is 14.3. The predicted octanol–water partition coefficient (Wildman–Crippen LogP) is 2.67. The first-order chi connectivity index (χ1) is 9.22. The SMILES string of the molecule is N#CCCN(c1ccccc1/C=C/C(=O)O)C1CC1. The molecule has 2 rings (SSSR count). The summed E-state index contributed by atoms with van der Waals surface area (Å²) in [6.07, 6.45) is 5.52. The Kier molecular flexibility index (Phi) is 4.19. The van der Waals surface area contributed by atoms with Gasteiger partial charge in [0.05, 0.1) is 12.5 Å². The molecule has 0 heterocycles. The number of aliphatic carboxylic acids is 1. The van der Waals surface area contributed by atoms with Crippen molar-refractivity contribution in [3.05, 3.63) is 35.9 Å². The molecule has 1 N–H and O–H groups in total. The highest BCUT2D eigenvalue weighted by Gasteiger charge is 2.29. The lowest BCUT2D eigenvalue weighted by Gasteiger charge is -2.25. The summed E-state index contributed by atoms with van der Waals surface area (Å²) in [5.41, 5.74) is 1.90. The van der Waals surface area contributed by atoms with E-state index in [4.69, 9.17) is 10.4 Å². The number of nitrogens with zero attached hydrogens (tertiary/aromatic N) is 2. The Morgan fingerprint density at radius 2 is 2.21 bits per heavy atom. The van der Waals surface area contributed by atoms with Crippen LogP contribution in [0.2, 0.25) is 0 Å². The molecular weight excluding hydrogens is 240 g/mol. The van der Waals surface area contributed by atoms with Crippen LogP contribution in [-0.4, -0.2) is 23.7 Å². The smallest absolute Gasteiger partial charge is 0.328 e. The average Bonchev–Trinajstić information content (AvgIpc) is 3.22. The molecule has 4 heteroatoms. The van der Waals surface area contributed by atoms with Crippen LogP contribution in [0.5, 0.6) is 0 Å². The van der Waals surface area contributed by atoms with E-state index in [1.54, 1.807) is 6.08 Å². The van der Waals surface area contributed by atoms with Crippen LogP contribution in [-0.2, 0) is 4.79 Å². The lowest BCUT2D eigenvalue weighted by atomic mass is 10.1. The van der Waals surface area contributed by atoms with E-state index >= 15 is 0 Å². The maximum Gasteiger partial charge on any atom is 0.328 e. The standard InChI is InChI=1S/C15H16N2O2/c16-10-3-11-17(13-7-8-13)14-5-2-1-4-12(14)6-9-15(18)19/h1-2,4-6,9,13H,3,7-8,11H2,(H,18,19)/b9-6+. The fourth-order valence-corrected chi connectivity index (χ4v) is 2.11. The molecule has 19 heavy (non-hydrogen) atoms.